The molecule has 0 aliphatic heterocycles. The van der Waals surface area contributed by atoms with Gasteiger partial charge >= 0.3 is 0 Å². The minimum Gasteiger partial charge on any atom is -0.387 e. The third-order valence-electron chi connectivity index (χ3n) is 1.97. The minimum atomic E-state index is -0.937. The van der Waals surface area contributed by atoms with E-state index in [0.29, 0.717) is 5.75 Å². The molecule has 1 aromatic rings. The third-order valence-corrected chi connectivity index (χ3v) is 2.88. The largest absolute Gasteiger partial charge is 0.387 e. The molecule has 0 spiro atoms. The summed E-state index contributed by atoms with van der Waals surface area (Å²) in [6, 6.07) is 0. The number of hydrazine groups is 1. The lowest BCUT2D eigenvalue weighted by Gasteiger charge is -2.22. The van der Waals surface area contributed by atoms with Crippen LogP contribution in [0.25, 0.3) is 0 Å². The van der Waals surface area contributed by atoms with E-state index in [1.165, 1.54) is 11.8 Å². The summed E-state index contributed by atoms with van der Waals surface area (Å²) in [5.41, 5.74) is 1.28. The van der Waals surface area contributed by atoms with Crippen LogP contribution in [0.1, 0.15) is 6.92 Å². The average Bonchev–Trinajstić information content (AvgIpc) is 2.28. The predicted molar refractivity (Wildman–Crippen MR) is 67.3 cm³/mol. The molecule has 0 radical (unpaired) electrons. The summed E-state index contributed by atoms with van der Waals surface area (Å²) < 4.78 is 13.3. The maximum Gasteiger partial charge on any atom is 0.239 e. The van der Waals surface area contributed by atoms with Crippen LogP contribution in [0.15, 0.2) is 6.20 Å². The van der Waals surface area contributed by atoms with Gasteiger partial charge in [-0.05, 0) is 13.2 Å². The Kier molecular flexibility index (Phi) is 4.91. The number of hydrogen-bond donors (Lipinski definition) is 4. The zero-order valence-corrected chi connectivity index (χ0v) is 10.5. The Bertz CT molecular complexity index is 376. The first-order valence-corrected chi connectivity index (χ1v) is 6.32. The van der Waals surface area contributed by atoms with Gasteiger partial charge in [-0.25, -0.2) is 15.2 Å². The second-order valence-corrected chi connectivity index (χ2v) is 4.68. The molecule has 1 unspecified atom stereocenters. The van der Waals surface area contributed by atoms with Crippen molar-refractivity contribution in [3.05, 3.63) is 12.0 Å². The number of rotatable bonds is 6. The van der Waals surface area contributed by atoms with Crippen molar-refractivity contribution in [2.75, 3.05) is 29.3 Å². The van der Waals surface area contributed by atoms with Gasteiger partial charge in [-0.1, -0.05) is 0 Å². The van der Waals surface area contributed by atoms with Gasteiger partial charge in [0.2, 0.25) is 5.95 Å². The molecule has 8 heteroatoms. The summed E-state index contributed by atoms with van der Waals surface area (Å²) in [4.78, 5) is 7.41. The fourth-order valence-electron chi connectivity index (χ4n) is 1.20. The van der Waals surface area contributed by atoms with Gasteiger partial charge < -0.3 is 10.4 Å². The van der Waals surface area contributed by atoms with Gasteiger partial charge in [-0.2, -0.15) is 16.7 Å². The maximum absolute atomic E-state index is 13.3. The normalized spacial score (nSPS) is 14.2. The minimum absolute atomic E-state index is 0.00864. The van der Waals surface area contributed by atoms with E-state index in [9.17, 15) is 9.50 Å². The highest BCUT2D eigenvalue weighted by molar-refractivity contribution is 7.98. The Labute approximate surface area is 103 Å². The molecule has 96 valence electrons. The smallest absolute Gasteiger partial charge is 0.239 e. The van der Waals surface area contributed by atoms with Crippen molar-refractivity contribution in [3.63, 3.8) is 0 Å². The fraction of sp³-hybridized carbons (Fsp3) is 0.556. The van der Waals surface area contributed by atoms with Gasteiger partial charge in [0.15, 0.2) is 11.6 Å². The molecule has 0 amide bonds. The highest BCUT2D eigenvalue weighted by Crippen LogP contribution is 2.15. The van der Waals surface area contributed by atoms with E-state index in [-0.39, 0.29) is 18.3 Å². The number of anilines is 2. The van der Waals surface area contributed by atoms with Gasteiger partial charge in [0.05, 0.1) is 11.8 Å². The molecular formula is C9H16FN5OS. The van der Waals surface area contributed by atoms with Gasteiger partial charge in [0, 0.05) is 12.3 Å². The Balaban J connectivity index is 2.68. The number of nitrogen functional groups attached to an aromatic ring is 1. The number of nitrogens with one attached hydrogen (secondary N) is 2. The van der Waals surface area contributed by atoms with Gasteiger partial charge in [0.1, 0.15) is 0 Å². The molecule has 0 saturated carbocycles. The molecule has 0 bridgehead atoms. The lowest BCUT2D eigenvalue weighted by Crippen LogP contribution is -2.36. The van der Waals surface area contributed by atoms with Crippen LogP contribution in [-0.2, 0) is 0 Å². The molecule has 1 rings (SSSR count). The van der Waals surface area contributed by atoms with E-state index < -0.39 is 11.4 Å². The molecule has 17 heavy (non-hydrogen) atoms. The third kappa shape index (κ3) is 4.33. The number of thioether (sulfide) groups is 1. The number of hydrogen-bond acceptors (Lipinski definition) is 7. The summed E-state index contributed by atoms with van der Waals surface area (Å²) in [7, 11) is 0. The first-order chi connectivity index (χ1) is 7.98. The van der Waals surface area contributed by atoms with E-state index in [1.807, 2.05) is 6.26 Å². The van der Waals surface area contributed by atoms with Gasteiger partial charge in [-0.15, -0.1) is 0 Å². The average molecular weight is 261 g/mol. The highest BCUT2D eigenvalue weighted by Gasteiger charge is 2.20. The Hall–Kier alpha value is -1.12. The van der Waals surface area contributed by atoms with Crippen LogP contribution < -0.4 is 16.6 Å². The quantitative estimate of drug-likeness (QED) is 0.435. The number of nitrogens with zero attached hydrogens (tertiary/aromatic N) is 2. The first-order valence-electron chi connectivity index (χ1n) is 4.93. The van der Waals surface area contributed by atoms with Crippen LogP contribution in [-0.4, -0.2) is 39.2 Å². The summed E-state index contributed by atoms with van der Waals surface area (Å²) in [5.74, 6) is 5.18. The number of nitrogens with two attached hydrogens (primary N) is 1. The van der Waals surface area contributed by atoms with Crippen molar-refractivity contribution >= 4 is 23.5 Å². The van der Waals surface area contributed by atoms with E-state index in [1.54, 1.807) is 6.92 Å². The second-order valence-electron chi connectivity index (χ2n) is 3.82. The Morgan fingerprint density at radius 2 is 2.35 bits per heavy atom. The van der Waals surface area contributed by atoms with Crippen LogP contribution >= 0.6 is 11.8 Å². The lowest BCUT2D eigenvalue weighted by atomic mass is 10.1. The fourth-order valence-corrected chi connectivity index (χ4v) is 1.92. The van der Waals surface area contributed by atoms with Crippen molar-refractivity contribution < 1.29 is 9.50 Å². The zero-order chi connectivity index (χ0) is 12.9. The van der Waals surface area contributed by atoms with Crippen LogP contribution in [0.2, 0.25) is 0 Å². The molecule has 1 atom stereocenters. The second kappa shape index (κ2) is 5.99. The molecule has 0 aromatic carbocycles. The molecule has 1 aromatic heterocycles. The van der Waals surface area contributed by atoms with Crippen molar-refractivity contribution in [2.24, 2.45) is 5.84 Å². The van der Waals surface area contributed by atoms with Crippen molar-refractivity contribution in [3.8, 4) is 0 Å². The van der Waals surface area contributed by atoms with E-state index in [0.717, 1.165) is 6.20 Å². The molecule has 0 aliphatic rings. The molecular weight excluding hydrogens is 245 g/mol. The van der Waals surface area contributed by atoms with Crippen molar-refractivity contribution in [2.45, 2.75) is 12.5 Å². The Morgan fingerprint density at radius 1 is 1.65 bits per heavy atom. The predicted octanol–water partition coefficient (Wildman–Crippen LogP) is 0.427. The lowest BCUT2D eigenvalue weighted by molar-refractivity contribution is 0.0995. The van der Waals surface area contributed by atoms with E-state index in [4.69, 9.17) is 5.84 Å². The summed E-state index contributed by atoms with van der Waals surface area (Å²) >= 11 is 1.51. The zero-order valence-electron chi connectivity index (χ0n) is 9.70. The molecule has 1 heterocycles. The molecule has 0 fully saturated rings. The van der Waals surface area contributed by atoms with Crippen molar-refractivity contribution in [1.29, 1.82) is 0 Å². The van der Waals surface area contributed by atoms with Gasteiger partial charge in [-0.3, -0.25) is 5.43 Å². The van der Waals surface area contributed by atoms with E-state index >= 15 is 0 Å². The molecule has 0 saturated heterocycles. The van der Waals surface area contributed by atoms with Gasteiger partial charge in [0.25, 0.3) is 0 Å². The maximum atomic E-state index is 13.3. The molecule has 0 aliphatic carbocycles. The summed E-state index contributed by atoms with van der Waals surface area (Å²) in [6.45, 7) is 1.85. The van der Waals surface area contributed by atoms with Crippen LogP contribution in [0.3, 0.4) is 0 Å². The topological polar surface area (TPSA) is 96.1 Å². The van der Waals surface area contributed by atoms with Crippen LogP contribution in [0, 0.1) is 5.82 Å². The standard InChI is InChI=1S/C9H16FN5OS/c1-9(16,5-17-2)4-13-7-6(10)3-12-8(14-7)15-11/h3,16H,4-5,11H2,1-2H3,(H2,12,13,14,15). The SMILES string of the molecule is CSCC(C)(O)CNc1nc(NN)ncc1F. The number of halogens is 1. The summed E-state index contributed by atoms with van der Waals surface area (Å²) in [6.07, 6.45) is 2.89. The highest BCUT2D eigenvalue weighted by atomic mass is 32.2. The van der Waals surface area contributed by atoms with Crippen molar-refractivity contribution in [1.82, 2.24) is 9.97 Å². The molecule has 6 nitrogen and oxygen atoms in total. The number of aromatic nitrogens is 2. The monoisotopic (exact) mass is 261 g/mol. The summed E-state index contributed by atoms with van der Waals surface area (Å²) in [5, 5.41) is 12.6. The first kappa shape index (κ1) is 13.9. The van der Waals surface area contributed by atoms with Crippen LogP contribution in [0.4, 0.5) is 16.2 Å². The molecule has 5 N–H and O–H groups in total. The van der Waals surface area contributed by atoms with E-state index in [2.05, 4.69) is 20.7 Å². The van der Waals surface area contributed by atoms with Crippen LogP contribution in [0.5, 0.6) is 0 Å². The number of aliphatic hydroxyl groups is 1. The Morgan fingerprint density at radius 3 is 2.94 bits per heavy atom.